The van der Waals surface area contributed by atoms with Crippen molar-refractivity contribution in [3.63, 3.8) is 0 Å². The number of hydrogen-bond acceptors (Lipinski definition) is 17. The van der Waals surface area contributed by atoms with E-state index < -0.39 is 95.7 Å². The number of carbonyl (C=O) groups excluding carboxylic acids is 8. The Bertz CT molecular complexity index is 2650. The fraction of sp³-hybridized carbons (Fsp3) is 0.510. The van der Waals surface area contributed by atoms with E-state index in [4.69, 9.17) is 17.2 Å². The molecule has 1 aliphatic carbocycles. The van der Waals surface area contributed by atoms with Gasteiger partial charge in [0.1, 0.15) is 48.0 Å². The molecule has 0 bridgehead atoms. The largest absolute Gasteiger partial charge is 0.508 e. The lowest BCUT2D eigenvalue weighted by Gasteiger charge is -2.28. The van der Waals surface area contributed by atoms with Gasteiger partial charge in [-0.1, -0.05) is 37.3 Å². The summed E-state index contributed by atoms with van der Waals surface area (Å²) in [4.78, 5) is 118. The summed E-state index contributed by atoms with van der Waals surface area (Å²) in [7, 11) is 0. The van der Waals surface area contributed by atoms with Gasteiger partial charge in [-0.15, -0.1) is 11.3 Å². The topological polar surface area (TPSA) is 380 Å². The van der Waals surface area contributed by atoms with Gasteiger partial charge in [-0.05, 0) is 101 Å². The van der Waals surface area contributed by atoms with Crippen LogP contribution in [0.1, 0.15) is 80.5 Å². The number of aryl methyl sites for hydroxylation is 1. The number of unbranched alkanes of at least 4 members (excludes halogenated alkanes) is 1. The molecule has 77 heavy (non-hydrogen) atoms. The standard InChI is InChI=1S/C51H73N13O10S3/c1-3-33(45(69)62-40(26-76)50(74)64-43(27(2)65)44(53)68)58-46(70)36(11-6-7-19-52)59-48(72)38(22-29-24-56-34-10-5-4-9-32(29)34)61-47(71)37(21-28-13-16-31(66)17-14-28)60-49(73)39(25-75)57-42(67)12-8-20-55-30-15-18-35-41(23-30)77-51(54)63-35/h4-5,9-10,13-14,16-17,24,27,30,33,36-40,43,55-56,65-66,75-76H,3,6-8,11-12,15,18-23,25-26,52H2,1-2H3,(H2,53,68)(H2,54,63)(H,57,67)(H,58,70)(H,59,72)(H,60,73)(H,61,71)(H,62,69)(H,64,74)/t27-,30+,33+,36+,37+,38-,39+,40+,43+/m1/s1. The number of thiol groups is 2. The van der Waals surface area contributed by atoms with Crippen molar-refractivity contribution in [2.75, 3.05) is 30.3 Å². The number of aromatic amines is 1. The molecule has 2 heterocycles. The highest BCUT2D eigenvalue weighted by atomic mass is 32.1. The molecule has 17 N–H and O–H groups in total. The van der Waals surface area contributed by atoms with Gasteiger partial charge in [-0.25, -0.2) is 4.98 Å². The average molecular weight is 1120 g/mol. The summed E-state index contributed by atoms with van der Waals surface area (Å²) in [5, 5.41) is 43.3. The fourth-order valence-corrected chi connectivity index (χ4v) is 10.2. The minimum atomic E-state index is -1.45. The number of phenolic OH excluding ortho intramolecular Hbond substituents is 1. The number of benzene rings is 2. The van der Waals surface area contributed by atoms with E-state index in [2.05, 4.69) is 77.8 Å². The Hall–Kier alpha value is -6.45. The number of nitrogens with zero attached hydrogens (tertiary/aromatic N) is 1. The third kappa shape index (κ3) is 18.6. The lowest BCUT2D eigenvalue weighted by atomic mass is 9.97. The number of anilines is 1. The molecule has 0 saturated carbocycles. The van der Waals surface area contributed by atoms with Gasteiger partial charge in [0.15, 0.2) is 5.13 Å². The summed E-state index contributed by atoms with van der Waals surface area (Å²) in [5.41, 5.74) is 20.0. The Morgan fingerprint density at radius 3 is 2.00 bits per heavy atom. The van der Waals surface area contributed by atoms with E-state index in [0.717, 1.165) is 40.7 Å². The number of nitrogens with one attached hydrogen (secondary N) is 9. The number of primary amides is 1. The van der Waals surface area contributed by atoms with Crippen LogP contribution in [0.5, 0.6) is 5.75 Å². The van der Waals surface area contributed by atoms with Gasteiger partial charge < -0.3 is 74.9 Å². The van der Waals surface area contributed by atoms with E-state index in [9.17, 15) is 48.6 Å². The van der Waals surface area contributed by atoms with Crippen molar-refractivity contribution in [2.45, 2.75) is 139 Å². The molecule has 9 atom stereocenters. The van der Waals surface area contributed by atoms with Crippen molar-refractivity contribution in [1.82, 2.24) is 52.5 Å². The van der Waals surface area contributed by atoms with Gasteiger partial charge >= 0.3 is 0 Å². The number of aromatic hydroxyl groups is 1. The van der Waals surface area contributed by atoms with E-state index in [-0.39, 0.29) is 61.9 Å². The number of hydrogen-bond donors (Lipinski definition) is 16. The van der Waals surface area contributed by atoms with E-state index in [1.807, 2.05) is 24.3 Å². The van der Waals surface area contributed by atoms with Crippen LogP contribution < -0.4 is 59.7 Å². The molecule has 0 spiro atoms. The minimum absolute atomic E-state index is 0.0333. The lowest BCUT2D eigenvalue weighted by Crippen LogP contribution is -2.61. The van der Waals surface area contributed by atoms with Gasteiger partial charge in [-0.3, -0.25) is 38.4 Å². The summed E-state index contributed by atoms with van der Waals surface area (Å²) in [6, 6.07) is 4.39. The maximum absolute atomic E-state index is 14.7. The van der Waals surface area contributed by atoms with Crippen molar-refractivity contribution in [1.29, 1.82) is 0 Å². The second-order valence-corrected chi connectivity index (χ2v) is 20.8. The average Bonchev–Trinajstić information content (AvgIpc) is 4.00. The summed E-state index contributed by atoms with van der Waals surface area (Å²) >= 11 is 10.0. The van der Waals surface area contributed by atoms with Crippen LogP contribution in [-0.4, -0.2) is 146 Å². The van der Waals surface area contributed by atoms with Crippen LogP contribution in [0.25, 0.3) is 10.9 Å². The molecule has 0 fully saturated rings. The lowest BCUT2D eigenvalue weighted by molar-refractivity contribution is -0.135. The number of aromatic nitrogens is 2. The molecule has 5 rings (SSSR count). The molecule has 23 nitrogen and oxygen atoms in total. The Kier molecular flexibility index (Phi) is 24.3. The number of H-pyrrole nitrogens is 1. The summed E-state index contributed by atoms with van der Waals surface area (Å²) in [5.74, 6) is -6.47. The molecule has 0 radical (unpaired) electrons. The number of nitrogen functional groups attached to an aromatic ring is 1. The van der Waals surface area contributed by atoms with Gasteiger partial charge in [-0.2, -0.15) is 25.3 Å². The van der Waals surface area contributed by atoms with Crippen molar-refractivity contribution in [3.05, 3.63) is 76.4 Å². The molecule has 0 saturated heterocycles. The van der Waals surface area contributed by atoms with E-state index in [1.165, 1.54) is 30.4 Å². The number of thiazole rings is 1. The smallest absolute Gasteiger partial charge is 0.244 e. The number of phenols is 1. The Morgan fingerprint density at radius 2 is 1.35 bits per heavy atom. The Balaban J connectivity index is 1.32. The van der Waals surface area contributed by atoms with Crippen LogP contribution in [-0.2, 0) is 64.0 Å². The first-order valence-corrected chi connectivity index (χ1v) is 27.7. The van der Waals surface area contributed by atoms with E-state index >= 15 is 0 Å². The normalized spacial score (nSPS) is 16.2. The van der Waals surface area contributed by atoms with Crippen LogP contribution in [0.3, 0.4) is 0 Å². The highest BCUT2D eigenvalue weighted by Crippen LogP contribution is 2.28. The van der Waals surface area contributed by atoms with Crippen molar-refractivity contribution in [3.8, 4) is 5.75 Å². The molecule has 4 aromatic rings. The predicted octanol–water partition coefficient (Wildman–Crippen LogP) is -0.717. The quantitative estimate of drug-likeness (QED) is 0.0219. The van der Waals surface area contributed by atoms with Crippen LogP contribution >= 0.6 is 36.6 Å². The van der Waals surface area contributed by atoms with Crippen LogP contribution in [0.15, 0.2) is 54.7 Å². The SMILES string of the molecule is CC[C@H](NC(=O)[C@H](CCCCN)NC(=O)[C@@H](Cc1c[nH]c2ccccc12)NC(=O)[C@H](Cc1ccc(O)cc1)NC(=O)[C@H](CS)NC(=O)CCCN[C@H]1CCc2nc(N)sc2C1)C(=O)N[C@@H](CS)C(=O)N[C@H](C(N)=O)[C@@H](C)O. The first-order valence-electron chi connectivity index (χ1n) is 25.6. The number of aliphatic hydroxyl groups is 1. The van der Waals surface area contributed by atoms with Gasteiger partial charge in [0.25, 0.3) is 0 Å². The second-order valence-electron chi connectivity index (χ2n) is 19.0. The van der Waals surface area contributed by atoms with Gasteiger partial charge in [0, 0.05) is 58.8 Å². The molecule has 8 amide bonds. The molecule has 0 aliphatic heterocycles. The summed E-state index contributed by atoms with van der Waals surface area (Å²) in [6.07, 6.45) is 4.21. The molecule has 26 heteroatoms. The molecule has 2 aromatic carbocycles. The van der Waals surface area contributed by atoms with Crippen molar-refractivity contribution >= 4 is 99.9 Å². The zero-order valence-corrected chi connectivity index (χ0v) is 45.7. The van der Waals surface area contributed by atoms with Crippen LogP contribution in [0.4, 0.5) is 5.13 Å². The van der Waals surface area contributed by atoms with E-state index in [1.54, 1.807) is 25.3 Å². The van der Waals surface area contributed by atoms with Crippen molar-refractivity contribution < 1.29 is 48.6 Å². The molecular weight excluding hydrogens is 1050 g/mol. The number of aliphatic hydroxyl groups excluding tert-OH is 1. The third-order valence-electron chi connectivity index (χ3n) is 13.1. The third-order valence-corrected chi connectivity index (χ3v) is 14.7. The predicted molar refractivity (Wildman–Crippen MR) is 299 cm³/mol. The second kappa shape index (κ2) is 30.5. The zero-order chi connectivity index (χ0) is 56.2. The first kappa shape index (κ1) is 61.4. The maximum atomic E-state index is 14.7. The van der Waals surface area contributed by atoms with Gasteiger partial charge in [0.2, 0.25) is 47.3 Å². The highest BCUT2D eigenvalue weighted by Gasteiger charge is 2.35. The van der Waals surface area contributed by atoms with Gasteiger partial charge in [0.05, 0.1) is 11.8 Å². The monoisotopic (exact) mass is 1120 g/mol. The number of rotatable bonds is 31. The maximum Gasteiger partial charge on any atom is 0.244 e. The molecule has 0 unspecified atom stereocenters. The Morgan fingerprint density at radius 1 is 0.766 bits per heavy atom. The highest BCUT2D eigenvalue weighted by molar-refractivity contribution is 7.80. The number of amides is 8. The molecule has 420 valence electrons. The zero-order valence-electron chi connectivity index (χ0n) is 43.1. The number of para-hydroxylation sites is 1. The minimum Gasteiger partial charge on any atom is -0.508 e. The fourth-order valence-electron chi connectivity index (χ4n) is 8.75. The van der Waals surface area contributed by atoms with Crippen LogP contribution in [0, 0.1) is 0 Å². The molecule has 1 aliphatic rings. The number of carbonyl (C=O) groups is 8. The van der Waals surface area contributed by atoms with E-state index in [0.29, 0.717) is 42.1 Å². The van der Waals surface area contributed by atoms with Crippen molar-refractivity contribution in [2.24, 2.45) is 11.5 Å². The molecular formula is C51H73N13O10S3. The Labute approximate surface area is 461 Å². The number of fused-ring (bicyclic) bond motifs is 2. The summed E-state index contributed by atoms with van der Waals surface area (Å²) < 4.78 is 0. The van der Waals surface area contributed by atoms with Crippen LogP contribution in [0.2, 0.25) is 0 Å². The number of nitrogens with two attached hydrogens (primary N) is 3. The molecule has 2 aromatic heterocycles. The first-order chi connectivity index (χ1) is 36.8. The summed E-state index contributed by atoms with van der Waals surface area (Å²) in [6.45, 7) is 3.70.